The number of hydrogen-bond donors (Lipinski definition) is 1. The maximum absolute atomic E-state index is 11.7. The molecule has 1 amide bonds. The molecule has 0 heterocycles. The topological polar surface area (TPSA) is 38.3 Å². The summed E-state index contributed by atoms with van der Waals surface area (Å²) in [5.41, 5.74) is 0. The summed E-state index contributed by atoms with van der Waals surface area (Å²) in [4.78, 5) is 11.7. The minimum Gasteiger partial charge on any atom is -0.484 e. The molecule has 5 heteroatoms. The minimum atomic E-state index is -0.0991. The molecule has 0 aliphatic heterocycles. The third-order valence-corrected chi connectivity index (χ3v) is 3.86. The molecule has 0 atom stereocenters. The van der Waals surface area contributed by atoms with Gasteiger partial charge < -0.3 is 10.1 Å². The van der Waals surface area contributed by atoms with E-state index in [0.29, 0.717) is 10.8 Å². The van der Waals surface area contributed by atoms with Crippen LogP contribution < -0.4 is 10.1 Å². The molecule has 0 unspecified atom stereocenters. The number of rotatable bonds is 4. The van der Waals surface area contributed by atoms with Gasteiger partial charge in [-0.15, -0.1) is 11.6 Å². The van der Waals surface area contributed by atoms with Crippen molar-refractivity contribution in [3.8, 4) is 5.75 Å². The quantitative estimate of drug-likeness (QED) is 0.866. The second kappa shape index (κ2) is 7.01. The second-order valence-corrected chi connectivity index (χ2v) is 5.82. The van der Waals surface area contributed by atoms with Gasteiger partial charge in [0.15, 0.2) is 6.61 Å². The van der Waals surface area contributed by atoms with E-state index in [-0.39, 0.29) is 23.9 Å². The Morgan fingerprint density at radius 1 is 1.32 bits per heavy atom. The van der Waals surface area contributed by atoms with E-state index >= 15 is 0 Å². The summed E-state index contributed by atoms with van der Waals surface area (Å²) in [6, 6.07) is 7.24. The molecule has 3 nitrogen and oxygen atoms in total. The first-order valence-corrected chi connectivity index (χ1v) is 7.27. The Labute approximate surface area is 123 Å². The van der Waals surface area contributed by atoms with Crippen molar-refractivity contribution in [1.29, 1.82) is 0 Å². The van der Waals surface area contributed by atoms with Crippen LogP contribution in [0, 0.1) is 0 Å². The smallest absolute Gasteiger partial charge is 0.258 e. The van der Waals surface area contributed by atoms with Crippen LogP contribution in [0.5, 0.6) is 5.75 Å². The zero-order chi connectivity index (χ0) is 13.7. The molecule has 0 radical (unpaired) electrons. The summed E-state index contributed by atoms with van der Waals surface area (Å²) in [5, 5.41) is 3.82. The highest BCUT2D eigenvalue weighted by Crippen LogP contribution is 2.22. The lowest BCUT2D eigenvalue weighted by Gasteiger charge is -2.25. The van der Waals surface area contributed by atoms with E-state index in [4.69, 9.17) is 27.9 Å². The van der Waals surface area contributed by atoms with Crippen molar-refractivity contribution in [1.82, 2.24) is 5.32 Å². The van der Waals surface area contributed by atoms with Crippen LogP contribution in [0.4, 0.5) is 0 Å². The maximum Gasteiger partial charge on any atom is 0.258 e. The van der Waals surface area contributed by atoms with Crippen molar-refractivity contribution in [3.63, 3.8) is 0 Å². The molecular formula is C14H17Cl2NO2. The summed E-state index contributed by atoms with van der Waals surface area (Å²) < 4.78 is 5.39. The Kier molecular flexibility index (Phi) is 5.34. The van der Waals surface area contributed by atoms with Crippen LogP contribution in [0.3, 0.4) is 0 Å². The fraction of sp³-hybridized carbons (Fsp3) is 0.500. The molecular weight excluding hydrogens is 285 g/mol. The molecule has 1 aromatic carbocycles. The first-order valence-electron chi connectivity index (χ1n) is 6.45. The lowest BCUT2D eigenvalue weighted by atomic mass is 9.95. The minimum absolute atomic E-state index is 0.0150. The van der Waals surface area contributed by atoms with Crippen molar-refractivity contribution < 1.29 is 9.53 Å². The monoisotopic (exact) mass is 301 g/mol. The van der Waals surface area contributed by atoms with Crippen molar-refractivity contribution in [3.05, 3.63) is 29.3 Å². The number of carbonyl (C=O) groups excluding carboxylic acids is 1. The van der Waals surface area contributed by atoms with Crippen LogP contribution in [-0.4, -0.2) is 23.9 Å². The molecule has 0 spiro atoms. The van der Waals surface area contributed by atoms with E-state index in [2.05, 4.69) is 5.32 Å². The van der Waals surface area contributed by atoms with E-state index in [1.165, 1.54) is 0 Å². The molecule has 1 N–H and O–H groups in total. The Hall–Kier alpha value is -0.930. The molecule has 0 bridgehead atoms. The van der Waals surface area contributed by atoms with Gasteiger partial charge in [0.05, 0.1) is 0 Å². The number of amides is 1. The third-order valence-electron chi connectivity index (χ3n) is 3.19. The summed E-state index contributed by atoms with van der Waals surface area (Å²) in [5.74, 6) is 0.505. The van der Waals surface area contributed by atoms with Gasteiger partial charge in [0, 0.05) is 16.4 Å². The van der Waals surface area contributed by atoms with E-state index < -0.39 is 0 Å². The van der Waals surface area contributed by atoms with Gasteiger partial charge in [-0.3, -0.25) is 4.79 Å². The predicted octanol–water partition coefficient (Wildman–Crippen LogP) is 3.39. The van der Waals surface area contributed by atoms with Crippen molar-refractivity contribution in [2.75, 3.05) is 6.61 Å². The van der Waals surface area contributed by atoms with Crippen LogP contribution in [0.2, 0.25) is 5.02 Å². The number of ether oxygens (including phenoxy) is 1. The van der Waals surface area contributed by atoms with E-state index in [1.54, 1.807) is 24.3 Å². The number of carbonyl (C=O) groups is 1. The maximum atomic E-state index is 11.7. The Balaban J connectivity index is 1.73. The fourth-order valence-corrected chi connectivity index (χ4v) is 2.60. The average Bonchev–Trinajstić information content (AvgIpc) is 2.39. The molecule has 0 aromatic heterocycles. The van der Waals surface area contributed by atoms with Crippen molar-refractivity contribution >= 4 is 29.1 Å². The highest BCUT2D eigenvalue weighted by Gasteiger charge is 2.20. The van der Waals surface area contributed by atoms with Crippen LogP contribution in [-0.2, 0) is 4.79 Å². The highest BCUT2D eigenvalue weighted by molar-refractivity contribution is 6.30. The summed E-state index contributed by atoms with van der Waals surface area (Å²) in [6.07, 6.45) is 3.80. The Bertz CT molecular complexity index is 431. The first-order chi connectivity index (χ1) is 9.13. The normalized spacial score (nSPS) is 22.8. The molecule has 2 rings (SSSR count). The highest BCUT2D eigenvalue weighted by atomic mass is 35.5. The molecule has 1 aliphatic carbocycles. The molecule has 0 saturated heterocycles. The second-order valence-electron chi connectivity index (χ2n) is 4.76. The number of alkyl halides is 1. The zero-order valence-corrected chi connectivity index (χ0v) is 12.1. The van der Waals surface area contributed by atoms with Gasteiger partial charge in [-0.1, -0.05) is 17.7 Å². The van der Waals surface area contributed by atoms with Gasteiger partial charge in [-0.05, 0) is 43.9 Å². The van der Waals surface area contributed by atoms with E-state index in [9.17, 15) is 4.79 Å². The lowest BCUT2D eigenvalue weighted by molar-refractivity contribution is -0.124. The van der Waals surface area contributed by atoms with Gasteiger partial charge in [-0.2, -0.15) is 0 Å². The molecule has 1 saturated carbocycles. The van der Waals surface area contributed by atoms with Crippen LogP contribution in [0.15, 0.2) is 24.3 Å². The van der Waals surface area contributed by atoms with Crippen LogP contribution in [0.1, 0.15) is 25.7 Å². The number of benzene rings is 1. The number of hydrogen-bond acceptors (Lipinski definition) is 2. The SMILES string of the molecule is O=C(COc1cccc(Cl)c1)NC1CCC(Cl)CC1. The van der Waals surface area contributed by atoms with Crippen molar-refractivity contribution in [2.24, 2.45) is 0 Å². The van der Waals surface area contributed by atoms with Gasteiger partial charge in [-0.25, -0.2) is 0 Å². The summed E-state index contributed by atoms with van der Waals surface area (Å²) >= 11 is 11.9. The van der Waals surface area contributed by atoms with E-state index in [1.807, 2.05) is 0 Å². The third kappa shape index (κ3) is 4.92. The predicted molar refractivity (Wildman–Crippen MR) is 77.0 cm³/mol. The van der Waals surface area contributed by atoms with Crippen LogP contribution >= 0.6 is 23.2 Å². The fourth-order valence-electron chi connectivity index (χ4n) is 2.17. The number of nitrogens with one attached hydrogen (secondary N) is 1. The summed E-state index contributed by atoms with van der Waals surface area (Å²) in [7, 11) is 0. The Morgan fingerprint density at radius 2 is 2.05 bits per heavy atom. The summed E-state index contributed by atoms with van der Waals surface area (Å²) in [6.45, 7) is 0.0150. The van der Waals surface area contributed by atoms with Gasteiger partial charge in [0.1, 0.15) is 5.75 Å². The lowest BCUT2D eigenvalue weighted by Crippen LogP contribution is -2.40. The van der Waals surface area contributed by atoms with Gasteiger partial charge >= 0.3 is 0 Å². The molecule has 1 fully saturated rings. The largest absolute Gasteiger partial charge is 0.484 e. The van der Waals surface area contributed by atoms with Gasteiger partial charge in [0.2, 0.25) is 0 Å². The zero-order valence-electron chi connectivity index (χ0n) is 10.6. The standard InChI is InChI=1S/C14H17Cl2NO2/c15-10-4-6-12(7-5-10)17-14(18)9-19-13-3-1-2-11(16)8-13/h1-3,8,10,12H,4-7,9H2,(H,17,18). The molecule has 1 aromatic rings. The van der Waals surface area contributed by atoms with Crippen LogP contribution in [0.25, 0.3) is 0 Å². The van der Waals surface area contributed by atoms with Crippen molar-refractivity contribution in [2.45, 2.75) is 37.1 Å². The van der Waals surface area contributed by atoms with Gasteiger partial charge in [0.25, 0.3) is 5.91 Å². The molecule has 19 heavy (non-hydrogen) atoms. The molecule has 104 valence electrons. The van der Waals surface area contributed by atoms with E-state index in [0.717, 1.165) is 25.7 Å². The molecule has 1 aliphatic rings. The average molecular weight is 302 g/mol. The Morgan fingerprint density at radius 3 is 2.74 bits per heavy atom. The number of halogens is 2. The first kappa shape index (κ1) is 14.5.